The standard InChI is InChI=1S/C11H19N3O4S/c12-19(17,18)7-8-5-10(15)14(6-8)9-3-1-2-4-13-11(9)16/h8-9H,1-7H2,(H,13,16)(H2,12,17,18). The van der Waals surface area contributed by atoms with Gasteiger partial charge in [-0.05, 0) is 19.3 Å². The summed E-state index contributed by atoms with van der Waals surface area (Å²) < 4.78 is 22.1. The van der Waals surface area contributed by atoms with Crippen molar-refractivity contribution in [3.8, 4) is 0 Å². The quantitative estimate of drug-likeness (QED) is 0.679. The van der Waals surface area contributed by atoms with Gasteiger partial charge in [-0.3, -0.25) is 9.59 Å². The Morgan fingerprint density at radius 1 is 1.32 bits per heavy atom. The molecule has 2 amide bonds. The van der Waals surface area contributed by atoms with Gasteiger partial charge in [0.25, 0.3) is 0 Å². The van der Waals surface area contributed by atoms with Crippen LogP contribution in [0.5, 0.6) is 0 Å². The van der Waals surface area contributed by atoms with Crippen molar-refractivity contribution in [2.75, 3.05) is 18.8 Å². The van der Waals surface area contributed by atoms with Crippen LogP contribution in [0.4, 0.5) is 0 Å². The molecule has 0 aromatic heterocycles. The average molecular weight is 289 g/mol. The molecule has 0 aromatic rings. The van der Waals surface area contributed by atoms with E-state index in [4.69, 9.17) is 5.14 Å². The Balaban J connectivity index is 2.04. The van der Waals surface area contributed by atoms with Crippen LogP contribution in [0.15, 0.2) is 0 Å². The minimum atomic E-state index is -3.59. The van der Waals surface area contributed by atoms with E-state index < -0.39 is 16.1 Å². The molecule has 19 heavy (non-hydrogen) atoms. The first-order chi connectivity index (χ1) is 8.87. The largest absolute Gasteiger partial charge is 0.354 e. The van der Waals surface area contributed by atoms with Crippen molar-refractivity contribution < 1.29 is 18.0 Å². The molecule has 0 saturated carbocycles. The third-order valence-corrected chi connectivity index (χ3v) is 4.53. The molecule has 8 heteroatoms. The van der Waals surface area contributed by atoms with Gasteiger partial charge in [-0.1, -0.05) is 0 Å². The molecule has 2 fully saturated rings. The monoisotopic (exact) mass is 289 g/mol. The van der Waals surface area contributed by atoms with E-state index in [1.807, 2.05) is 0 Å². The van der Waals surface area contributed by atoms with Crippen LogP contribution in [0, 0.1) is 5.92 Å². The maximum atomic E-state index is 11.9. The van der Waals surface area contributed by atoms with Crippen molar-refractivity contribution in [1.29, 1.82) is 0 Å². The Kier molecular flexibility index (Phi) is 4.10. The number of likely N-dealkylation sites (tertiary alicyclic amines) is 1. The zero-order chi connectivity index (χ0) is 14.0. The molecule has 2 unspecified atom stereocenters. The van der Waals surface area contributed by atoms with Crippen molar-refractivity contribution in [2.24, 2.45) is 11.1 Å². The van der Waals surface area contributed by atoms with E-state index in [0.717, 1.165) is 12.8 Å². The summed E-state index contributed by atoms with van der Waals surface area (Å²) in [4.78, 5) is 25.3. The van der Waals surface area contributed by atoms with Gasteiger partial charge in [-0.2, -0.15) is 0 Å². The van der Waals surface area contributed by atoms with E-state index in [1.54, 1.807) is 0 Å². The van der Waals surface area contributed by atoms with Crippen LogP contribution < -0.4 is 10.5 Å². The number of hydrogen-bond donors (Lipinski definition) is 2. The molecule has 0 spiro atoms. The molecule has 2 saturated heterocycles. The predicted octanol–water partition coefficient (Wildman–Crippen LogP) is -1.21. The second-order valence-electron chi connectivity index (χ2n) is 5.25. The summed E-state index contributed by atoms with van der Waals surface area (Å²) in [6, 6.07) is -0.458. The lowest BCUT2D eigenvalue weighted by Gasteiger charge is -2.25. The Hall–Kier alpha value is -1.15. The smallest absolute Gasteiger partial charge is 0.242 e. The predicted molar refractivity (Wildman–Crippen MR) is 68.4 cm³/mol. The summed E-state index contributed by atoms with van der Waals surface area (Å²) in [5, 5.41) is 7.78. The molecular weight excluding hydrogens is 270 g/mol. The molecule has 2 aliphatic rings. The van der Waals surface area contributed by atoms with E-state index in [-0.39, 0.29) is 29.9 Å². The Morgan fingerprint density at radius 2 is 2.05 bits per heavy atom. The number of sulfonamides is 1. The van der Waals surface area contributed by atoms with Gasteiger partial charge in [-0.15, -0.1) is 0 Å². The minimum absolute atomic E-state index is 0.137. The SMILES string of the molecule is NS(=O)(=O)CC1CC(=O)N(C2CCCCNC2=O)C1. The molecule has 2 atom stereocenters. The van der Waals surface area contributed by atoms with Crippen LogP contribution in [0.25, 0.3) is 0 Å². The van der Waals surface area contributed by atoms with Crippen LogP contribution in [-0.2, 0) is 19.6 Å². The third kappa shape index (κ3) is 3.66. The highest BCUT2D eigenvalue weighted by atomic mass is 32.2. The molecule has 108 valence electrons. The molecule has 0 radical (unpaired) electrons. The summed E-state index contributed by atoms with van der Waals surface area (Å²) in [5.41, 5.74) is 0. The number of nitrogens with zero attached hydrogens (tertiary/aromatic N) is 1. The maximum absolute atomic E-state index is 11.9. The van der Waals surface area contributed by atoms with E-state index in [1.165, 1.54) is 4.90 Å². The van der Waals surface area contributed by atoms with Crippen molar-refractivity contribution in [3.05, 3.63) is 0 Å². The molecule has 3 N–H and O–H groups in total. The summed E-state index contributed by atoms with van der Waals surface area (Å²) in [7, 11) is -3.59. The summed E-state index contributed by atoms with van der Waals surface area (Å²) in [6.07, 6.45) is 2.58. The van der Waals surface area contributed by atoms with Gasteiger partial charge in [0.05, 0.1) is 5.75 Å². The molecule has 7 nitrogen and oxygen atoms in total. The van der Waals surface area contributed by atoms with Gasteiger partial charge in [0, 0.05) is 25.4 Å². The Morgan fingerprint density at radius 3 is 2.74 bits per heavy atom. The lowest BCUT2D eigenvalue weighted by Crippen LogP contribution is -2.46. The van der Waals surface area contributed by atoms with Crippen molar-refractivity contribution >= 4 is 21.8 Å². The highest BCUT2D eigenvalue weighted by Gasteiger charge is 2.38. The second kappa shape index (κ2) is 5.46. The lowest BCUT2D eigenvalue weighted by molar-refractivity contribution is -0.137. The number of carbonyl (C=O) groups is 2. The fourth-order valence-electron chi connectivity index (χ4n) is 2.77. The fraction of sp³-hybridized carbons (Fsp3) is 0.818. The van der Waals surface area contributed by atoms with Crippen molar-refractivity contribution in [3.63, 3.8) is 0 Å². The zero-order valence-corrected chi connectivity index (χ0v) is 11.5. The molecular formula is C11H19N3O4S. The average Bonchev–Trinajstić information content (AvgIpc) is 2.49. The van der Waals surface area contributed by atoms with Gasteiger partial charge >= 0.3 is 0 Å². The highest BCUT2D eigenvalue weighted by Crippen LogP contribution is 2.24. The number of primary sulfonamides is 1. The molecule has 0 aliphatic carbocycles. The molecule has 2 rings (SSSR count). The van der Waals surface area contributed by atoms with Crippen LogP contribution >= 0.6 is 0 Å². The summed E-state index contributed by atoms with van der Waals surface area (Å²) >= 11 is 0. The third-order valence-electron chi connectivity index (χ3n) is 3.59. The number of carbonyl (C=O) groups excluding carboxylic acids is 2. The first-order valence-corrected chi connectivity index (χ1v) is 8.16. The van der Waals surface area contributed by atoms with Crippen molar-refractivity contribution in [2.45, 2.75) is 31.7 Å². The zero-order valence-electron chi connectivity index (χ0n) is 10.7. The minimum Gasteiger partial charge on any atom is -0.354 e. The molecule has 2 heterocycles. The number of nitrogens with two attached hydrogens (primary N) is 1. The van der Waals surface area contributed by atoms with Crippen LogP contribution in [0.3, 0.4) is 0 Å². The topological polar surface area (TPSA) is 110 Å². The van der Waals surface area contributed by atoms with Crippen LogP contribution in [-0.4, -0.2) is 50.0 Å². The molecule has 2 aliphatic heterocycles. The first kappa shape index (κ1) is 14.3. The number of amides is 2. The van der Waals surface area contributed by atoms with E-state index in [0.29, 0.717) is 19.5 Å². The van der Waals surface area contributed by atoms with Crippen molar-refractivity contribution in [1.82, 2.24) is 10.2 Å². The van der Waals surface area contributed by atoms with Crippen LogP contribution in [0.2, 0.25) is 0 Å². The Labute approximate surface area is 112 Å². The lowest BCUT2D eigenvalue weighted by atomic mass is 10.1. The van der Waals surface area contributed by atoms with E-state index in [2.05, 4.69) is 5.32 Å². The number of hydrogen-bond acceptors (Lipinski definition) is 4. The maximum Gasteiger partial charge on any atom is 0.242 e. The van der Waals surface area contributed by atoms with Gasteiger partial charge in [0.15, 0.2) is 0 Å². The van der Waals surface area contributed by atoms with Crippen LogP contribution in [0.1, 0.15) is 25.7 Å². The summed E-state index contributed by atoms with van der Waals surface area (Å²) in [6.45, 7) is 0.936. The second-order valence-corrected chi connectivity index (χ2v) is 6.91. The van der Waals surface area contributed by atoms with Gasteiger partial charge in [-0.25, -0.2) is 13.6 Å². The van der Waals surface area contributed by atoms with Gasteiger partial charge in [0.2, 0.25) is 21.8 Å². The summed E-state index contributed by atoms with van der Waals surface area (Å²) in [5.74, 6) is -0.805. The Bertz CT molecular complexity index is 476. The highest BCUT2D eigenvalue weighted by molar-refractivity contribution is 7.89. The first-order valence-electron chi connectivity index (χ1n) is 6.44. The van der Waals surface area contributed by atoms with E-state index in [9.17, 15) is 18.0 Å². The fourth-order valence-corrected chi connectivity index (χ4v) is 3.65. The van der Waals surface area contributed by atoms with Gasteiger partial charge in [0.1, 0.15) is 6.04 Å². The van der Waals surface area contributed by atoms with Gasteiger partial charge < -0.3 is 10.2 Å². The van der Waals surface area contributed by atoms with E-state index >= 15 is 0 Å². The molecule has 0 aromatic carbocycles. The molecule has 0 bridgehead atoms. The number of rotatable bonds is 3. The normalized spacial score (nSPS) is 29.2. The number of nitrogens with one attached hydrogen (secondary N) is 1.